The summed E-state index contributed by atoms with van der Waals surface area (Å²) in [6.07, 6.45) is 2.26. The number of ether oxygens (including phenoxy) is 1. The van der Waals surface area contributed by atoms with Gasteiger partial charge in [-0.2, -0.15) is 0 Å². The first-order valence-electron chi connectivity index (χ1n) is 5.26. The number of aryl methyl sites for hydroxylation is 2. The van der Waals surface area contributed by atoms with Gasteiger partial charge in [-0.3, -0.25) is 0 Å². The summed E-state index contributed by atoms with van der Waals surface area (Å²) < 4.78 is 5.36. The molecule has 0 bridgehead atoms. The van der Waals surface area contributed by atoms with Crippen molar-refractivity contribution in [3.63, 3.8) is 0 Å². The minimum Gasteiger partial charge on any atom is -0.495 e. The van der Waals surface area contributed by atoms with Gasteiger partial charge in [-0.15, -0.1) is 0 Å². The monoisotopic (exact) mass is 204 g/mol. The van der Waals surface area contributed by atoms with E-state index in [0.717, 1.165) is 12.0 Å². The van der Waals surface area contributed by atoms with Crippen LogP contribution in [-0.4, -0.2) is 11.7 Å². The van der Waals surface area contributed by atoms with E-state index in [9.17, 15) is 5.11 Å². The summed E-state index contributed by atoms with van der Waals surface area (Å²) in [5.41, 5.74) is 3.26. The average molecular weight is 204 g/mol. The first-order chi connectivity index (χ1) is 7.16. The van der Waals surface area contributed by atoms with Crippen LogP contribution in [0.3, 0.4) is 0 Å². The zero-order chi connectivity index (χ0) is 10.8. The Bertz CT molecular complexity index is 373. The fourth-order valence-corrected chi connectivity index (χ4v) is 1.96. The molecule has 1 aromatic carbocycles. The lowest BCUT2D eigenvalue weighted by Gasteiger charge is -2.13. The highest BCUT2D eigenvalue weighted by Gasteiger charge is 2.18. The highest BCUT2D eigenvalue weighted by atomic mass is 16.5. The molecule has 1 N–H and O–H groups in total. The van der Waals surface area contributed by atoms with Gasteiger partial charge in [0, 0.05) is 6.42 Å². The van der Waals surface area contributed by atoms with E-state index in [-0.39, 0.29) is 0 Å². The highest BCUT2D eigenvalue weighted by molar-refractivity contribution is 5.33. The molecule has 0 spiro atoms. The minimum atomic E-state index is -0.605. The standard InChI is InChI=1S/C13H16O2/c1-9-6-10(2)8-11(7-9)13(14)12-4-3-5-15-12/h4,6-8,13-14H,3,5H2,1-2H3. The summed E-state index contributed by atoms with van der Waals surface area (Å²) in [6, 6.07) is 6.10. The molecule has 15 heavy (non-hydrogen) atoms. The second-order valence-corrected chi connectivity index (χ2v) is 4.07. The van der Waals surface area contributed by atoms with E-state index in [2.05, 4.69) is 6.07 Å². The van der Waals surface area contributed by atoms with Crippen molar-refractivity contribution in [3.05, 3.63) is 46.7 Å². The Kier molecular flexibility index (Phi) is 2.78. The molecule has 2 nitrogen and oxygen atoms in total. The lowest BCUT2D eigenvalue weighted by atomic mass is 10.0. The Morgan fingerprint density at radius 3 is 2.40 bits per heavy atom. The van der Waals surface area contributed by atoms with Crippen molar-refractivity contribution < 1.29 is 9.84 Å². The van der Waals surface area contributed by atoms with Crippen molar-refractivity contribution in [1.82, 2.24) is 0 Å². The van der Waals surface area contributed by atoms with Gasteiger partial charge in [0.1, 0.15) is 11.9 Å². The van der Waals surface area contributed by atoms with Gasteiger partial charge in [0.2, 0.25) is 0 Å². The van der Waals surface area contributed by atoms with Crippen molar-refractivity contribution in [2.24, 2.45) is 0 Å². The van der Waals surface area contributed by atoms with Crippen LogP contribution >= 0.6 is 0 Å². The maximum Gasteiger partial charge on any atom is 0.136 e. The fourth-order valence-electron chi connectivity index (χ4n) is 1.96. The van der Waals surface area contributed by atoms with Gasteiger partial charge in [0.25, 0.3) is 0 Å². The Morgan fingerprint density at radius 2 is 1.87 bits per heavy atom. The van der Waals surface area contributed by atoms with E-state index in [1.54, 1.807) is 0 Å². The first kappa shape index (κ1) is 10.2. The van der Waals surface area contributed by atoms with E-state index in [1.807, 2.05) is 32.1 Å². The highest BCUT2D eigenvalue weighted by Crippen LogP contribution is 2.27. The zero-order valence-corrected chi connectivity index (χ0v) is 9.16. The van der Waals surface area contributed by atoms with Crippen molar-refractivity contribution >= 4 is 0 Å². The van der Waals surface area contributed by atoms with E-state index in [1.165, 1.54) is 11.1 Å². The third-order valence-electron chi connectivity index (χ3n) is 2.56. The predicted molar refractivity (Wildman–Crippen MR) is 59.5 cm³/mol. The topological polar surface area (TPSA) is 29.5 Å². The molecule has 0 fully saturated rings. The molecule has 1 aliphatic heterocycles. The molecule has 1 unspecified atom stereocenters. The molecule has 80 valence electrons. The van der Waals surface area contributed by atoms with Crippen LogP contribution in [0.25, 0.3) is 0 Å². The number of hydrogen-bond acceptors (Lipinski definition) is 2. The molecule has 0 aromatic heterocycles. The quantitative estimate of drug-likeness (QED) is 0.802. The summed E-state index contributed by atoms with van der Waals surface area (Å²) in [6.45, 7) is 4.76. The van der Waals surface area contributed by atoms with Crippen molar-refractivity contribution in [2.45, 2.75) is 26.4 Å². The number of aliphatic hydroxyl groups excluding tert-OH is 1. The van der Waals surface area contributed by atoms with Crippen molar-refractivity contribution in [2.75, 3.05) is 6.61 Å². The minimum absolute atomic E-state index is 0.605. The van der Waals surface area contributed by atoms with E-state index in [4.69, 9.17) is 4.74 Å². The molecule has 0 amide bonds. The maximum atomic E-state index is 10.1. The number of rotatable bonds is 2. The van der Waals surface area contributed by atoms with Gasteiger partial charge in [-0.1, -0.05) is 29.3 Å². The van der Waals surface area contributed by atoms with Gasteiger partial charge in [0.15, 0.2) is 0 Å². The largest absolute Gasteiger partial charge is 0.495 e. The Balaban J connectivity index is 2.28. The number of hydrogen-bond donors (Lipinski definition) is 1. The van der Waals surface area contributed by atoms with Crippen molar-refractivity contribution in [3.8, 4) is 0 Å². The number of benzene rings is 1. The van der Waals surface area contributed by atoms with Crippen molar-refractivity contribution in [1.29, 1.82) is 0 Å². The van der Waals surface area contributed by atoms with Gasteiger partial charge < -0.3 is 9.84 Å². The average Bonchev–Trinajstić information content (AvgIpc) is 2.67. The third kappa shape index (κ3) is 2.21. The van der Waals surface area contributed by atoms with Crippen LogP contribution in [0, 0.1) is 13.8 Å². The predicted octanol–water partition coefficient (Wildman–Crippen LogP) is 2.64. The Hall–Kier alpha value is -1.28. The zero-order valence-electron chi connectivity index (χ0n) is 9.16. The van der Waals surface area contributed by atoms with Crippen LogP contribution in [0.4, 0.5) is 0 Å². The second kappa shape index (κ2) is 4.07. The van der Waals surface area contributed by atoms with Crippen LogP contribution in [0.15, 0.2) is 30.0 Å². The van der Waals surface area contributed by atoms with Gasteiger partial charge >= 0.3 is 0 Å². The van der Waals surface area contributed by atoms with E-state index >= 15 is 0 Å². The van der Waals surface area contributed by atoms with Crippen LogP contribution in [0.2, 0.25) is 0 Å². The summed E-state index contributed by atoms with van der Waals surface area (Å²) in [4.78, 5) is 0. The maximum absolute atomic E-state index is 10.1. The molecule has 1 atom stereocenters. The molecular formula is C13H16O2. The molecule has 1 heterocycles. The van der Waals surface area contributed by atoms with E-state index < -0.39 is 6.10 Å². The molecule has 0 saturated carbocycles. The second-order valence-electron chi connectivity index (χ2n) is 4.07. The van der Waals surface area contributed by atoms with Gasteiger partial charge in [-0.05, 0) is 25.5 Å². The van der Waals surface area contributed by atoms with E-state index in [0.29, 0.717) is 12.4 Å². The van der Waals surface area contributed by atoms with Gasteiger partial charge in [-0.25, -0.2) is 0 Å². The molecule has 1 aromatic rings. The summed E-state index contributed by atoms with van der Waals surface area (Å²) in [5.74, 6) is 0.694. The first-order valence-corrected chi connectivity index (χ1v) is 5.26. The van der Waals surface area contributed by atoms with Crippen LogP contribution in [0.1, 0.15) is 29.2 Å². The fraction of sp³-hybridized carbons (Fsp3) is 0.385. The SMILES string of the molecule is Cc1cc(C)cc(C(O)C2=CCCO2)c1. The van der Waals surface area contributed by atoms with Crippen LogP contribution in [-0.2, 0) is 4.74 Å². The number of aliphatic hydroxyl groups is 1. The smallest absolute Gasteiger partial charge is 0.136 e. The summed E-state index contributed by atoms with van der Waals surface area (Å²) in [7, 11) is 0. The van der Waals surface area contributed by atoms with Gasteiger partial charge in [0.05, 0.1) is 6.61 Å². The lowest BCUT2D eigenvalue weighted by molar-refractivity contribution is 0.119. The normalized spacial score (nSPS) is 17.1. The molecule has 2 heteroatoms. The molecule has 0 saturated heterocycles. The molecule has 0 aliphatic carbocycles. The summed E-state index contributed by atoms with van der Waals surface area (Å²) >= 11 is 0. The third-order valence-corrected chi connectivity index (χ3v) is 2.56. The van der Waals surface area contributed by atoms with Crippen LogP contribution in [0.5, 0.6) is 0 Å². The Labute approximate surface area is 90.2 Å². The Morgan fingerprint density at radius 1 is 1.20 bits per heavy atom. The molecule has 2 rings (SSSR count). The molecule has 1 aliphatic rings. The molecular weight excluding hydrogens is 188 g/mol. The lowest BCUT2D eigenvalue weighted by Crippen LogP contribution is -2.03. The summed E-state index contributed by atoms with van der Waals surface area (Å²) in [5, 5.41) is 10.1. The molecule has 0 radical (unpaired) electrons. The van der Waals surface area contributed by atoms with Crippen LogP contribution < -0.4 is 0 Å².